The first-order chi connectivity index (χ1) is 7.97. The standard InChI is InChI=1S/C12H21N5.HI/c1-12(2,3)16-9-8-15-11(13)17-10-6-4-5-7-14-10;/h4-7,16H,8-9H2,1-3H3,(H3,13,14,15,17);1H. The van der Waals surface area contributed by atoms with E-state index >= 15 is 0 Å². The zero-order valence-corrected chi connectivity index (χ0v) is 13.4. The summed E-state index contributed by atoms with van der Waals surface area (Å²) in [5, 5.41) is 6.26. The van der Waals surface area contributed by atoms with E-state index in [1.165, 1.54) is 0 Å². The molecule has 0 saturated carbocycles. The number of pyridine rings is 1. The molecular weight excluding hydrogens is 341 g/mol. The number of guanidine groups is 1. The van der Waals surface area contributed by atoms with Crippen molar-refractivity contribution >= 4 is 35.8 Å². The predicted molar refractivity (Wildman–Crippen MR) is 87.5 cm³/mol. The van der Waals surface area contributed by atoms with Gasteiger partial charge in [-0.2, -0.15) is 0 Å². The summed E-state index contributed by atoms with van der Waals surface area (Å²) in [6.07, 6.45) is 1.71. The smallest absolute Gasteiger partial charge is 0.194 e. The number of nitrogens with zero attached hydrogens (tertiary/aromatic N) is 2. The van der Waals surface area contributed by atoms with Crippen LogP contribution in [0.15, 0.2) is 29.4 Å². The van der Waals surface area contributed by atoms with Gasteiger partial charge in [-0.1, -0.05) is 6.07 Å². The quantitative estimate of drug-likeness (QED) is 0.330. The van der Waals surface area contributed by atoms with Crippen molar-refractivity contribution in [2.24, 2.45) is 10.7 Å². The summed E-state index contributed by atoms with van der Waals surface area (Å²) in [6, 6.07) is 5.59. The third kappa shape index (κ3) is 8.24. The number of anilines is 1. The minimum absolute atomic E-state index is 0. The number of rotatable bonds is 4. The molecule has 0 aliphatic carbocycles. The van der Waals surface area contributed by atoms with Gasteiger partial charge < -0.3 is 16.4 Å². The fourth-order valence-corrected chi connectivity index (χ4v) is 1.21. The third-order valence-electron chi connectivity index (χ3n) is 1.97. The molecule has 5 nitrogen and oxygen atoms in total. The molecule has 0 aliphatic rings. The molecule has 0 radical (unpaired) electrons. The van der Waals surface area contributed by atoms with Crippen LogP contribution >= 0.6 is 24.0 Å². The van der Waals surface area contributed by atoms with E-state index in [0.29, 0.717) is 18.3 Å². The van der Waals surface area contributed by atoms with Crippen LogP contribution in [-0.2, 0) is 0 Å². The summed E-state index contributed by atoms with van der Waals surface area (Å²) < 4.78 is 0. The highest BCUT2D eigenvalue weighted by Crippen LogP contribution is 1.99. The van der Waals surface area contributed by atoms with Gasteiger partial charge in [0.2, 0.25) is 0 Å². The maximum Gasteiger partial charge on any atom is 0.194 e. The lowest BCUT2D eigenvalue weighted by molar-refractivity contribution is 0.433. The molecule has 0 bridgehead atoms. The highest BCUT2D eigenvalue weighted by molar-refractivity contribution is 14.0. The minimum Gasteiger partial charge on any atom is -0.370 e. The Kier molecular flexibility index (Phi) is 7.85. The number of nitrogens with two attached hydrogens (primary N) is 1. The van der Waals surface area contributed by atoms with Crippen molar-refractivity contribution in [3.05, 3.63) is 24.4 Å². The van der Waals surface area contributed by atoms with Gasteiger partial charge in [-0.3, -0.25) is 4.99 Å². The number of hydrogen-bond donors (Lipinski definition) is 3. The molecule has 0 aliphatic heterocycles. The van der Waals surface area contributed by atoms with Gasteiger partial charge in [0, 0.05) is 18.3 Å². The van der Waals surface area contributed by atoms with Crippen LogP contribution in [-0.4, -0.2) is 29.6 Å². The molecular formula is C12H22IN5. The molecule has 0 aromatic carbocycles. The van der Waals surface area contributed by atoms with Crippen LogP contribution in [0.5, 0.6) is 0 Å². The Morgan fingerprint density at radius 2 is 2.11 bits per heavy atom. The van der Waals surface area contributed by atoms with Crippen molar-refractivity contribution in [1.82, 2.24) is 10.3 Å². The molecule has 0 atom stereocenters. The van der Waals surface area contributed by atoms with Crippen LogP contribution in [0.25, 0.3) is 0 Å². The Morgan fingerprint density at radius 1 is 1.39 bits per heavy atom. The van der Waals surface area contributed by atoms with Gasteiger partial charge >= 0.3 is 0 Å². The molecule has 1 rings (SSSR count). The monoisotopic (exact) mass is 363 g/mol. The zero-order chi connectivity index (χ0) is 12.7. The highest BCUT2D eigenvalue weighted by Gasteiger charge is 2.06. The van der Waals surface area contributed by atoms with Gasteiger partial charge in [-0.25, -0.2) is 4.98 Å². The van der Waals surface area contributed by atoms with Crippen LogP contribution in [0.4, 0.5) is 5.82 Å². The first-order valence-electron chi connectivity index (χ1n) is 5.70. The Labute approximate surface area is 126 Å². The molecule has 0 spiro atoms. The molecule has 18 heavy (non-hydrogen) atoms. The molecule has 1 aromatic rings. The Morgan fingerprint density at radius 3 is 2.67 bits per heavy atom. The summed E-state index contributed by atoms with van der Waals surface area (Å²) in [6.45, 7) is 7.79. The van der Waals surface area contributed by atoms with Crippen LogP contribution < -0.4 is 16.4 Å². The second kappa shape index (κ2) is 8.25. The second-order valence-electron chi connectivity index (χ2n) is 4.78. The predicted octanol–water partition coefficient (Wildman–Crippen LogP) is 1.81. The second-order valence-corrected chi connectivity index (χ2v) is 4.78. The summed E-state index contributed by atoms with van der Waals surface area (Å²) in [5.41, 5.74) is 5.84. The van der Waals surface area contributed by atoms with E-state index in [1.807, 2.05) is 18.2 Å². The SMILES string of the molecule is CC(C)(C)NCCN=C(N)Nc1ccccn1.I. The first kappa shape index (κ1) is 17.1. The van der Waals surface area contributed by atoms with Crippen molar-refractivity contribution in [2.75, 3.05) is 18.4 Å². The lowest BCUT2D eigenvalue weighted by atomic mass is 10.1. The largest absolute Gasteiger partial charge is 0.370 e. The van der Waals surface area contributed by atoms with E-state index in [9.17, 15) is 0 Å². The van der Waals surface area contributed by atoms with E-state index in [1.54, 1.807) is 6.20 Å². The molecule has 0 amide bonds. The van der Waals surface area contributed by atoms with Crippen molar-refractivity contribution < 1.29 is 0 Å². The van der Waals surface area contributed by atoms with Crippen molar-refractivity contribution in [2.45, 2.75) is 26.3 Å². The van der Waals surface area contributed by atoms with Gasteiger partial charge in [0.25, 0.3) is 0 Å². The zero-order valence-electron chi connectivity index (χ0n) is 11.1. The molecule has 1 aromatic heterocycles. The van der Waals surface area contributed by atoms with Crippen LogP contribution in [0.2, 0.25) is 0 Å². The molecule has 0 fully saturated rings. The Bertz CT molecular complexity index is 358. The van der Waals surface area contributed by atoms with Crippen molar-refractivity contribution in [3.63, 3.8) is 0 Å². The Balaban J connectivity index is 0.00000289. The van der Waals surface area contributed by atoms with Gasteiger partial charge in [-0.05, 0) is 32.9 Å². The third-order valence-corrected chi connectivity index (χ3v) is 1.97. The number of halogens is 1. The number of nitrogens with one attached hydrogen (secondary N) is 2. The summed E-state index contributed by atoms with van der Waals surface area (Å²) >= 11 is 0. The number of hydrogen-bond acceptors (Lipinski definition) is 3. The molecule has 4 N–H and O–H groups in total. The van der Waals surface area contributed by atoms with E-state index in [-0.39, 0.29) is 29.5 Å². The van der Waals surface area contributed by atoms with Gasteiger partial charge in [0.1, 0.15) is 5.82 Å². The molecule has 0 saturated heterocycles. The topological polar surface area (TPSA) is 75.3 Å². The lowest BCUT2D eigenvalue weighted by Gasteiger charge is -2.19. The van der Waals surface area contributed by atoms with E-state index in [4.69, 9.17) is 5.73 Å². The molecule has 1 heterocycles. The van der Waals surface area contributed by atoms with Gasteiger partial charge in [0.05, 0.1) is 6.54 Å². The normalized spacial score (nSPS) is 11.8. The highest BCUT2D eigenvalue weighted by atomic mass is 127. The van der Waals surface area contributed by atoms with Gasteiger partial charge in [0.15, 0.2) is 5.96 Å². The fourth-order valence-electron chi connectivity index (χ4n) is 1.21. The fraction of sp³-hybridized carbons (Fsp3) is 0.500. The summed E-state index contributed by atoms with van der Waals surface area (Å²) in [5.74, 6) is 1.09. The van der Waals surface area contributed by atoms with Gasteiger partial charge in [-0.15, -0.1) is 24.0 Å². The molecule has 6 heteroatoms. The van der Waals surface area contributed by atoms with Crippen LogP contribution in [0.3, 0.4) is 0 Å². The first-order valence-corrected chi connectivity index (χ1v) is 5.70. The van der Waals surface area contributed by atoms with E-state index in [0.717, 1.165) is 6.54 Å². The Hall–Kier alpha value is -0.890. The number of aliphatic imine (C=N–C) groups is 1. The lowest BCUT2D eigenvalue weighted by Crippen LogP contribution is -2.37. The van der Waals surface area contributed by atoms with Crippen LogP contribution in [0, 0.1) is 0 Å². The van der Waals surface area contributed by atoms with Crippen molar-refractivity contribution in [1.29, 1.82) is 0 Å². The minimum atomic E-state index is 0. The average molecular weight is 363 g/mol. The molecule has 102 valence electrons. The van der Waals surface area contributed by atoms with Crippen LogP contribution in [0.1, 0.15) is 20.8 Å². The average Bonchev–Trinajstić information content (AvgIpc) is 2.25. The van der Waals surface area contributed by atoms with E-state index in [2.05, 4.69) is 41.4 Å². The maximum absolute atomic E-state index is 5.73. The van der Waals surface area contributed by atoms with E-state index < -0.39 is 0 Å². The maximum atomic E-state index is 5.73. The molecule has 0 unspecified atom stereocenters. The summed E-state index contributed by atoms with van der Waals surface area (Å²) in [7, 11) is 0. The summed E-state index contributed by atoms with van der Waals surface area (Å²) in [4.78, 5) is 8.30. The van der Waals surface area contributed by atoms with Crippen molar-refractivity contribution in [3.8, 4) is 0 Å². The number of aromatic nitrogens is 1.